The number of nitrogens with one attached hydrogen (secondary N) is 1. The normalized spacial score (nSPS) is 28.4. The maximum atomic E-state index is 3.59. The van der Waals surface area contributed by atoms with Crippen LogP contribution in [-0.4, -0.2) is 13.1 Å². The fraction of sp³-hybridized carbons (Fsp3) is 1.00. The van der Waals surface area contributed by atoms with Crippen molar-refractivity contribution in [2.45, 2.75) is 53.4 Å². The van der Waals surface area contributed by atoms with Crippen molar-refractivity contribution < 1.29 is 0 Å². The Bertz CT molecular complexity index is 205. The highest BCUT2D eigenvalue weighted by Crippen LogP contribution is 2.63. The molecule has 88 valence electrons. The van der Waals surface area contributed by atoms with Gasteiger partial charge < -0.3 is 5.32 Å². The van der Waals surface area contributed by atoms with E-state index in [0.29, 0.717) is 10.8 Å². The predicted molar refractivity (Wildman–Crippen MR) is 65.9 cm³/mol. The molecule has 1 heteroatoms. The first-order valence-corrected chi connectivity index (χ1v) is 6.72. The molecule has 0 atom stereocenters. The molecule has 1 saturated carbocycles. The molecule has 2 aliphatic rings. The zero-order valence-electron chi connectivity index (χ0n) is 10.9. The highest BCUT2D eigenvalue weighted by atomic mass is 14.9. The Hall–Kier alpha value is -0.0400. The summed E-state index contributed by atoms with van der Waals surface area (Å²) in [6, 6.07) is 0. The van der Waals surface area contributed by atoms with Gasteiger partial charge in [0.1, 0.15) is 0 Å². The minimum Gasteiger partial charge on any atom is -0.316 e. The molecule has 15 heavy (non-hydrogen) atoms. The third-order valence-corrected chi connectivity index (χ3v) is 5.27. The third kappa shape index (κ3) is 1.73. The van der Waals surface area contributed by atoms with E-state index in [1.165, 1.54) is 38.8 Å². The van der Waals surface area contributed by atoms with Gasteiger partial charge in [-0.25, -0.2) is 0 Å². The molecule has 1 aliphatic heterocycles. The number of rotatable bonds is 2. The van der Waals surface area contributed by atoms with E-state index in [1.54, 1.807) is 0 Å². The molecule has 1 N–H and O–H groups in total. The molecule has 2 fully saturated rings. The smallest absolute Gasteiger partial charge is 0.000823 e. The van der Waals surface area contributed by atoms with Crippen LogP contribution in [0.3, 0.4) is 0 Å². The SMILES string of the molecule is CC(C)C1(C(C)C)CC2(CCCNC2)C1. The maximum Gasteiger partial charge on any atom is 0.000823 e. The summed E-state index contributed by atoms with van der Waals surface area (Å²) in [6.07, 6.45) is 5.82. The molecule has 0 aromatic rings. The molecule has 0 unspecified atom stereocenters. The van der Waals surface area contributed by atoms with Crippen LogP contribution in [0.5, 0.6) is 0 Å². The Balaban J connectivity index is 2.04. The first-order chi connectivity index (χ1) is 7.01. The second-order valence-corrected chi connectivity index (χ2v) is 6.68. The lowest BCUT2D eigenvalue weighted by molar-refractivity contribution is -0.117. The Morgan fingerprint density at radius 2 is 1.60 bits per heavy atom. The molecule has 1 saturated heterocycles. The van der Waals surface area contributed by atoms with Gasteiger partial charge in [-0.15, -0.1) is 0 Å². The Morgan fingerprint density at radius 1 is 1.00 bits per heavy atom. The standard InChI is InChI=1S/C14H27N/c1-11(2)14(12(3)4)8-13(9-14)6-5-7-15-10-13/h11-12,15H,5-10H2,1-4H3. The van der Waals surface area contributed by atoms with Gasteiger partial charge in [0, 0.05) is 6.54 Å². The van der Waals surface area contributed by atoms with Gasteiger partial charge in [0.05, 0.1) is 0 Å². The van der Waals surface area contributed by atoms with Gasteiger partial charge >= 0.3 is 0 Å². The van der Waals surface area contributed by atoms with Gasteiger partial charge in [0.2, 0.25) is 0 Å². The van der Waals surface area contributed by atoms with E-state index in [-0.39, 0.29) is 0 Å². The average Bonchev–Trinajstić information content (AvgIpc) is 2.14. The van der Waals surface area contributed by atoms with Gasteiger partial charge in [-0.1, -0.05) is 27.7 Å². The van der Waals surface area contributed by atoms with E-state index in [9.17, 15) is 0 Å². The summed E-state index contributed by atoms with van der Waals surface area (Å²) in [7, 11) is 0. The summed E-state index contributed by atoms with van der Waals surface area (Å²) >= 11 is 0. The van der Waals surface area contributed by atoms with Gasteiger partial charge in [-0.2, -0.15) is 0 Å². The van der Waals surface area contributed by atoms with Gasteiger partial charge in [-0.05, 0) is 54.9 Å². The molecule has 1 aliphatic carbocycles. The Labute approximate surface area is 95.0 Å². The molecule has 0 bridgehead atoms. The van der Waals surface area contributed by atoms with Crippen LogP contribution in [0, 0.1) is 22.7 Å². The van der Waals surface area contributed by atoms with Crippen molar-refractivity contribution in [2.75, 3.05) is 13.1 Å². The zero-order chi connectivity index (χ0) is 11.1. The third-order valence-electron chi connectivity index (χ3n) is 5.27. The number of piperidine rings is 1. The fourth-order valence-electron chi connectivity index (χ4n) is 4.16. The molecule has 1 nitrogen and oxygen atoms in total. The summed E-state index contributed by atoms with van der Waals surface area (Å²) in [4.78, 5) is 0. The predicted octanol–water partition coefficient (Wildman–Crippen LogP) is 3.45. The second kappa shape index (κ2) is 3.76. The van der Waals surface area contributed by atoms with E-state index in [4.69, 9.17) is 0 Å². The summed E-state index contributed by atoms with van der Waals surface area (Å²) < 4.78 is 0. The zero-order valence-corrected chi connectivity index (χ0v) is 10.9. The fourth-order valence-corrected chi connectivity index (χ4v) is 4.16. The van der Waals surface area contributed by atoms with Crippen LogP contribution in [-0.2, 0) is 0 Å². The Morgan fingerprint density at radius 3 is 2.00 bits per heavy atom. The van der Waals surface area contributed by atoms with Crippen LogP contribution in [0.25, 0.3) is 0 Å². The van der Waals surface area contributed by atoms with Crippen LogP contribution in [0.15, 0.2) is 0 Å². The molecule has 0 aromatic heterocycles. The minimum atomic E-state index is 0.652. The number of hydrogen-bond donors (Lipinski definition) is 1. The van der Waals surface area contributed by atoms with Gasteiger partial charge in [0.15, 0.2) is 0 Å². The van der Waals surface area contributed by atoms with Crippen molar-refractivity contribution in [1.29, 1.82) is 0 Å². The molecular weight excluding hydrogens is 182 g/mol. The summed E-state index contributed by atoms with van der Waals surface area (Å²) in [6.45, 7) is 12.2. The molecule has 1 spiro atoms. The van der Waals surface area contributed by atoms with E-state index < -0.39 is 0 Å². The average molecular weight is 209 g/mol. The minimum absolute atomic E-state index is 0.652. The molecule has 2 rings (SSSR count). The largest absolute Gasteiger partial charge is 0.316 e. The van der Waals surface area contributed by atoms with E-state index in [2.05, 4.69) is 33.0 Å². The highest BCUT2D eigenvalue weighted by molar-refractivity contribution is 5.07. The van der Waals surface area contributed by atoms with Crippen LogP contribution in [0.4, 0.5) is 0 Å². The Kier molecular flexibility index (Phi) is 2.87. The highest BCUT2D eigenvalue weighted by Gasteiger charge is 2.56. The van der Waals surface area contributed by atoms with E-state index >= 15 is 0 Å². The van der Waals surface area contributed by atoms with Crippen molar-refractivity contribution in [1.82, 2.24) is 5.32 Å². The van der Waals surface area contributed by atoms with E-state index in [1.807, 2.05) is 0 Å². The van der Waals surface area contributed by atoms with Crippen molar-refractivity contribution >= 4 is 0 Å². The van der Waals surface area contributed by atoms with Crippen molar-refractivity contribution in [2.24, 2.45) is 22.7 Å². The van der Waals surface area contributed by atoms with Crippen molar-refractivity contribution in [3.05, 3.63) is 0 Å². The van der Waals surface area contributed by atoms with Crippen LogP contribution < -0.4 is 5.32 Å². The maximum absolute atomic E-state index is 3.59. The van der Waals surface area contributed by atoms with Crippen molar-refractivity contribution in [3.63, 3.8) is 0 Å². The quantitative estimate of drug-likeness (QED) is 0.734. The second-order valence-electron chi connectivity index (χ2n) is 6.68. The first-order valence-electron chi connectivity index (χ1n) is 6.72. The monoisotopic (exact) mass is 209 g/mol. The molecule has 0 radical (unpaired) electrons. The first kappa shape index (κ1) is 11.4. The van der Waals surface area contributed by atoms with Gasteiger partial charge in [-0.3, -0.25) is 0 Å². The lowest BCUT2D eigenvalue weighted by Crippen LogP contribution is -2.58. The summed E-state index contributed by atoms with van der Waals surface area (Å²) in [5.41, 5.74) is 1.34. The summed E-state index contributed by atoms with van der Waals surface area (Å²) in [5, 5.41) is 3.59. The molecule has 0 amide bonds. The number of hydrogen-bond acceptors (Lipinski definition) is 1. The van der Waals surface area contributed by atoms with E-state index in [0.717, 1.165) is 11.8 Å². The molecule has 1 heterocycles. The molecular formula is C14H27N. The summed E-state index contributed by atoms with van der Waals surface area (Å²) in [5.74, 6) is 1.70. The lowest BCUT2D eigenvalue weighted by atomic mass is 9.44. The van der Waals surface area contributed by atoms with Crippen LogP contribution >= 0.6 is 0 Å². The van der Waals surface area contributed by atoms with Crippen LogP contribution in [0.1, 0.15) is 53.4 Å². The van der Waals surface area contributed by atoms with Crippen LogP contribution in [0.2, 0.25) is 0 Å². The topological polar surface area (TPSA) is 12.0 Å². The molecule has 0 aromatic carbocycles. The van der Waals surface area contributed by atoms with Gasteiger partial charge in [0.25, 0.3) is 0 Å². The lowest BCUT2D eigenvalue weighted by Gasteiger charge is -2.62. The van der Waals surface area contributed by atoms with Crippen molar-refractivity contribution in [3.8, 4) is 0 Å².